The number of ether oxygens (including phenoxy) is 1. The number of thiophene rings is 1. The number of benzene rings is 1. The lowest BCUT2D eigenvalue weighted by molar-refractivity contribution is -0.0362. The molecule has 0 unspecified atom stereocenters. The van der Waals surface area contributed by atoms with Crippen LogP contribution < -0.4 is 5.73 Å². The highest BCUT2D eigenvalue weighted by atomic mass is 35.5. The maximum Gasteiger partial charge on any atom is 0.0931 e. The van der Waals surface area contributed by atoms with E-state index >= 15 is 0 Å². The van der Waals surface area contributed by atoms with Crippen molar-refractivity contribution in [2.75, 3.05) is 18.9 Å². The van der Waals surface area contributed by atoms with Gasteiger partial charge in [-0.2, -0.15) is 0 Å². The largest absolute Gasteiger partial charge is 0.399 e. The van der Waals surface area contributed by atoms with Gasteiger partial charge in [0.25, 0.3) is 0 Å². The molecule has 2 heterocycles. The summed E-state index contributed by atoms with van der Waals surface area (Å²) < 4.78 is 6.24. The van der Waals surface area contributed by atoms with Crippen molar-refractivity contribution in [2.24, 2.45) is 0 Å². The molecule has 0 aliphatic carbocycles. The molecule has 1 aromatic heterocycles. The molecule has 3 rings (SSSR count). The SMILES string of the molecule is Nc1ccc(C2(c3ccc(Cl)s3)COC2)cc1. The molecule has 88 valence electrons. The zero-order valence-electron chi connectivity index (χ0n) is 9.15. The Morgan fingerprint density at radius 2 is 1.82 bits per heavy atom. The average molecular weight is 266 g/mol. The van der Waals surface area contributed by atoms with Crippen LogP contribution in [0, 0.1) is 0 Å². The van der Waals surface area contributed by atoms with Crippen LogP contribution in [0.2, 0.25) is 4.34 Å². The van der Waals surface area contributed by atoms with Crippen LogP contribution in [0.4, 0.5) is 5.69 Å². The summed E-state index contributed by atoms with van der Waals surface area (Å²) in [5.74, 6) is 0. The molecule has 0 radical (unpaired) electrons. The second-order valence-corrected chi connectivity index (χ2v) is 6.02. The molecule has 0 bridgehead atoms. The second-order valence-electron chi connectivity index (χ2n) is 4.30. The van der Waals surface area contributed by atoms with Crippen LogP contribution in [-0.4, -0.2) is 13.2 Å². The lowest BCUT2D eigenvalue weighted by Crippen LogP contribution is -2.47. The van der Waals surface area contributed by atoms with E-state index in [9.17, 15) is 0 Å². The molecule has 2 nitrogen and oxygen atoms in total. The quantitative estimate of drug-likeness (QED) is 0.846. The monoisotopic (exact) mass is 265 g/mol. The molecular formula is C13H12ClNOS. The lowest BCUT2D eigenvalue weighted by atomic mass is 9.77. The minimum atomic E-state index is -0.0223. The number of anilines is 1. The molecule has 1 aromatic carbocycles. The number of rotatable bonds is 2. The zero-order chi connectivity index (χ0) is 11.9. The van der Waals surface area contributed by atoms with Crippen LogP contribution in [0.15, 0.2) is 36.4 Å². The number of halogens is 1. The fourth-order valence-electron chi connectivity index (χ4n) is 2.13. The standard InChI is InChI=1S/C13H12ClNOS/c14-12-6-5-11(17-12)13(7-16-8-13)9-1-3-10(15)4-2-9/h1-6H,7-8,15H2. The first kappa shape index (κ1) is 11.1. The van der Waals surface area contributed by atoms with E-state index in [-0.39, 0.29) is 5.41 Å². The van der Waals surface area contributed by atoms with Crippen molar-refractivity contribution >= 4 is 28.6 Å². The van der Waals surface area contributed by atoms with Crippen LogP contribution in [-0.2, 0) is 10.2 Å². The highest BCUT2D eigenvalue weighted by Gasteiger charge is 2.43. The maximum absolute atomic E-state index is 6.02. The van der Waals surface area contributed by atoms with Crippen molar-refractivity contribution < 1.29 is 4.74 Å². The number of hydrogen-bond acceptors (Lipinski definition) is 3. The Kier molecular flexibility index (Phi) is 2.62. The summed E-state index contributed by atoms with van der Waals surface area (Å²) in [6, 6.07) is 12.1. The minimum Gasteiger partial charge on any atom is -0.399 e. The van der Waals surface area contributed by atoms with Gasteiger partial charge in [-0.05, 0) is 29.8 Å². The van der Waals surface area contributed by atoms with Gasteiger partial charge >= 0.3 is 0 Å². The predicted octanol–water partition coefficient (Wildman–Crippen LogP) is 3.30. The molecule has 2 N–H and O–H groups in total. The molecule has 2 aromatic rings. The fraction of sp³-hybridized carbons (Fsp3) is 0.231. The Morgan fingerprint density at radius 1 is 1.12 bits per heavy atom. The van der Waals surface area contributed by atoms with Gasteiger partial charge in [0, 0.05) is 10.6 Å². The fourth-order valence-corrected chi connectivity index (χ4v) is 3.36. The smallest absolute Gasteiger partial charge is 0.0931 e. The van der Waals surface area contributed by atoms with Gasteiger partial charge in [-0.1, -0.05) is 23.7 Å². The van der Waals surface area contributed by atoms with E-state index in [1.54, 1.807) is 11.3 Å². The Hall–Kier alpha value is -1.03. The third-order valence-corrected chi connectivity index (χ3v) is 4.64. The van der Waals surface area contributed by atoms with Gasteiger partial charge < -0.3 is 10.5 Å². The van der Waals surface area contributed by atoms with Crippen LogP contribution in [0.3, 0.4) is 0 Å². The third kappa shape index (κ3) is 1.75. The summed E-state index contributed by atoms with van der Waals surface area (Å²) in [7, 11) is 0. The number of nitrogens with two attached hydrogens (primary N) is 1. The van der Waals surface area contributed by atoms with Crippen LogP contribution in [0.5, 0.6) is 0 Å². The summed E-state index contributed by atoms with van der Waals surface area (Å²) in [4.78, 5) is 1.26. The first-order valence-corrected chi connectivity index (χ1v) is 6.60. The number of nitrogen functional groups attached to an aromatic ring is 1. The van der Waals surface area contributed by atoms with Crippen molar-refractivity contribution in [1.82, 2.24) is 0 Å². The topological polar surface area (TPSA) is 35.2 Å². The Balaban J connectivity index is 2.05. The van der Waals surface area contributed by atoms with E-state index in [2.05, 4.69) is 18.2 Å². The van der Waals surface area contributed by atoms with Crippen molar-refractivity contribution in [3.63, 3.8) is 0 Å². The summed E-state index contributed by atoms with van der Waals surface area (Å²) in [5, 5.41) is 0. The molecule has 0 saturated carbocycles. The maximum atomic E-state index is 6.02. The minimum absolute atomic E-state index is 0.0223. The van der Waals surface area contributed by atoms with Crippen molar-refractivity contribution in [2.45, 2.75) is 5.41 Å². The van der Waals surface area contributed by atoms with Crippen molar-refractivity contribution in [1.29, 1.82) is 0 Å². The normalized spacial score (nSPS) is 17.7. The molecule has 1 aliphatic heterocycles. The lowest BCUT2D eigenvalue weighted by Gasteiger charge is -2.41. The Labute approximate surface area is 109 Å². The van der Waals surface area contributed by atoms with Crippen molar-refractivity contribution in [3.05, 3.63) is 51.2 Å². The first-order valence-electron chi connectivity index (χ1n) is 5.40. The van der Waals surface area contributed by atoms with E-state index in [0.717, 1.165) is 10.0 Å². The van der Waals surface area contributed by atoms with Gasteiger partial charge in [-0.15, -0.1) is 11.3 Å². The number of hydrogen-bond donors (Lipinski definition) is 1. The molecular weight excluding hydrogens is 254 g/mol. The summed E-state index contributed by atoms with van der Waals surface area (Å²) >= 11 is 7.64. The zero-order valence-corrected chi connectivity index (χ0v) is 10.7. The van der Waals surface area contributed by atoms with Gasteiger partial charge in [0.05, 0.1) is 23.0 Å². The van der Waals surface area contributed by atoms with Gasteiger partial charge in [-0.3, -0.25) is 0 Å². The summed E-state index contributed by atoms with van der Waals surface area (Å²) in [6.07, 6.45) is 0. The molecule has 17 heavy (non-hydrogen) atoms. The van der Waals surface area contributed by atoms with Crippen LogP contribution in [0.1, 0.15) is 10.4 Å². The molecule has 1 aliphatic rings. The Morgan fingerprint density at radius 3 is 2.29 bits per heavy atom. The van der Waals surface area contributed by atoms with Crippen LogP contribution in [0.25, 0.3) is 0 Å². The second kappa shape index (κ2) is 4.02. The van der Waals surface area contributed by atoms with Gasteiger partial charge in [-0.25, -0.2) is 0 Å². The molecule has 1 fully saturated rings. The molecule has 1 saturated heterocycles. The van der Waals surface area contributed by atoms with E-state index < -0.39 is 0 Å². The van der Waals surface area contributed by atoms with Gasteiger partial charge in [0.15, 0.2) is 0 Å². The van der Waals surface area contributed by atoms with E-state index in [1.165, 1.54) is 10.4 Å². The van der Waals surface area contributed by atoms with Crippen molar-refractivity contribution in [3.8, 4) is 0 Å². The van der Waals surface area contributed by atoms with Gasteiger partial charge in [0.1, 0.15) is 0 Å². The first-order chi connectivity index (χ1) is 8.21. The Bertz CT molecular complexity index is 531. The molecule has 0 amide bonds. The average Bonchev–Trinajstić information content (AvgIpc) is 2.67. The predicted molar refractivity (Wildman–Crippen MR) is 71.8 cm³/mol. The van der Waals surface area contributed by atoms with E-state index in [0.29, 0.717) is 13.2 Å². The highest BCUT2D eigenvalue weighted by Crippen LogP contribution is 2.43. The molecule has 0 atom stereocenters. The molecule has 4 heteroatoms. The molecule has 0 spiro atoms. The highest BCUT2D eigenvalue weighted by molar-refractivity contribution is 7.16. The van der Waals surface area contributed by atoms with Crippen LogP contribution >= 0.6 is 22.9 Å². The van der Waals surface area contributed by atoms with Gasteiger partial charge in [0.2, 0.25) is 0 Å². The van der Waals surface area contributed by atoms with E-state index in [1.807, 2.05) is 18.2 Å². The summed E-state index contributed by atoms with van der Waals surface area (Å²) in [6.45, 7) is 1.43. The van der Waals surface area contributed by atoms with E-state index in [4.69, 9.17) is 22.1 Å². The third-order valence-electron chi connectivity index (χ3n) is 3.21. The summed E-state index contributed by atoms with van der Waals surface area (Å²) in [5.41, 5.74) is 7.73.